The summed E-state index contributed by atoms with van der Waals surface area (Å²) in [6.45, 7) is 5.36. The van der Waals surface area contributed by atoms with E-state index in [0.717, 1.165) is 5.56 Å². The van der Waals surface area contributed by atoms with Crippen LogP contribution in [0.15, 0.2) is 24.3 Å². The van der Waals surface area contributed by atoms with Crippen molar-refractivity contribution in [2.24, 2.45) is 11.7 Å². The fourth-order valence-electron chi connectivity index (χ4n) is 2.41. The molecule has 1 rings (SSSR count). The Morgan fingerprint density at radius 2 is 1.81 bits per heavy atom. The van der Waals surface area contributed by atoms with E-state index in [1.807, 2.05) is 26.0 Å². The number of carbonyl (C=O) groups is 3. The van der Waals surface area contributed by atoms with Crippen LogP contribution in [-0.2, 0) is 16.1 Å². The fourth-order valence-corrected chi connectivity index (χ4v) is 2.41. The lowest BCUT2D eigenvalue weighted by Crippen LogP contribution is -2.30. The Balaban J connectivity index is 2.31. The normalized spacial score (nSPS) is 10.4. The molecule has 0 unspecified atom stereocenters. The van der Waals surface area contributed by atoms with Crippen LogP contribution >= 0.6 is 0 Å². The van der Waals surface area contributed by atoms with Gasteiger partial charge in [-0.25, -0.2) is 9.59 Å². The molecule has 1 aromatic rings. The number of carbonyl (C=O) groups excluding carboxylic acids is 3. The van der Waals surface area contributed by atoms with Crippen LogP contribution in [0.3, 0.4) is 0 Å². The molecule has 0 radical (unpaired) electrons. The number of urea groups is 1. The second-order valence-electron chi connectivity index (χ2n) is 6.82. The molecule has 0 aliphatic rings. The van der Waals surface area contributed by atoms with Gasteiger partial charge in [-0.05, 0) is 36.5 Å². The van der Waals surface area contributed by atoms with Gasteiger partial charge in [-0.15, -0.1) is 0 Å². The molecule has 8 heteroatoms. The topological polar surface area (TPSA) is 114 Å². The summed E-state index contributed by atoms with van der Waals surface area (Å²) in [4.78, 5) is 35.8. The van der Waals surface area contributed by atoms with Crippen LogP contribution in [0.2, 0.25) is 0 Å². The zero-order valence-electron chi connectivity index (χ0n) is 16.3. The first-order valence-electron chi connectivity index (χ1n) is 9.08. The van der Waals surface area contributed by atoms with E-state index in [1.54, 1.807) is 24.1 Å². The van der Waals surface area contributed by atoms with E-state index in [0.29, 0.717) is 44.0 Å². The molecule has 0 atom stereocenters. The third-order valence-corrected chi connectivity index (χ3v) is 3.68. The van der Waals surface area contributed by atoms with Gasteiger partial charge in [0, 0.05) is 32.2 Å². The van der Waals surface area contributed by atoms with E-state index in [1.165, 1.54) is 0 Å². The number of hydrogen-bond donors (Lipinski definition) is 3. The fraction of sp³-hybridized carbons (Fsp3) is 0.526. The molecule has 4 N–H and O–H groups in total. The Morgan fingerprint density at radius 1 is 1.15 bits per heavy atom. The van der Waals surface area contributed by atoms with Crippen LogP contribution in [-0.4, -0.2) is 43.1 Å². The van der Waals surface area contributed by atoms with Crippen molar-refractivity contribution in [1.29, 1.82) is 0 Å². The largest absolute Gasteiger partial charge is 0.445 e. The van der Waals surface area contributed by atoms with Crippen LogP contribution in [0, 0.1) is 5.92 Å². The van der Waals surface area contributed by atoms with Crippen molar-refractivity contribution in [3.05, 3.63) is 29.8 Å². The van der Waals surface area contributed by atoms with Gasteiger partial charge in [0.25, 0.3) is 0 Å². The van der Waals surface area contributed by atoms with Gasteiger partial charge < -0.3 is 26.0 Å². The van der Waals surface area contributed by atoms with Gasteiger partial charge in [-0.2, -0.15) is 0 Å². The summed E-state index contributed by atoms with van der Waals surface area (Å²) in [6, 6.07) is 6.60. The number of unbranched alkanes of at least 4 members (excludes halogenated alkanes) is 1. The highest BCUT2D eigenvalue weighted by molar-refractivity contribution is 5.90. The number of nitrogens with two attached hydrogens (primary N) is 1. The Labute approximate surface area is 160 Å². The number of hydrogen-bond acceptors (Lipinski definition) is 4. The highest BCUT2D eigenvalue weighted by Crippen LogP contribution is 2.12. The molecule has 0 aliphatic heterocycles. The third-order valence-electron chi connectivity index (χ3n) is 3.68. The van der Waals surface area contributed by atoms with E-state index in [4.69, 9.17) is 10.5 Å². The maximum atomic E-state index is 11.9. The highest BCUT2D eigenvalue weighted by Gasteiger charge is 2.11. The quantitative estimate of drug-likeness (QED) is 0.543. The van der Waals surface area contributed by atoms with Gasteiger partial charge in [-0.1, -0.05) is 26.0 Å². The smallest absolute Gasteiger partial charge is 0.409 e. The zero-order chi connectivity index (χ0) is 20.2. The van der Waals surface area contributed by atoms with E-state index < -0.39 is 6.03 Å². The number of amides is 4. The SMILES string of the molecule is CC(C)CN(C)C(=O)OCc1ccc(NC(=O)CCCCNC(N)=O)cc1. The second kappa shape index (κ2) is 11.8. The standard InChI is InChI=1S/C19H30N4O4/c1-14(2)12-23(3)19(26)27-13-15-7-9-16(10-8-15)22-17(24)6-4-5-11-21-18(20)25/h7-10,14H,4-6,11-13H2,1-3H3,(H,22,24)(H3,20,21,25). The lowest BCUT2D eigenvalue weighted by Gasteiger charge is -2.18. The van der Waals surface area contributed by atoms with Crippen LogP contribution in [0.25, 0.3) is 0 Å². The summed E-state index contributed by atoms with van der Waals surface area (Å²) in [5, 5.41) is 5.29. The molecule has 0 heterocycles. The second-order valence-corrected chi connectivity index (χ2v) is 6.82. The maximum absolute atomic E-state index is 11.9. The predicted molar refractivity (Wildman–Crippen MR) is 104 cm³/mol. The maximum Gasteiger partial charge on any atom is 0.409 e. The number of benzene rings is 1. The van der Waals surface area contributed by atoms with E-state index in [-0.39, 0.29) is 18.6 Å². The summed E-state index contributed by atoms with van der Waals surface area (Å²) in [6.07, 6.45) is 1.35. The molecule has 4 amide bonds. The Bertz CT molecular complexity index is 617. The molecule has 0 saturated heterocycles. The van der Waals surface area contributed by atoms with Crippen molar-refractivity contribution in [2.45, 2.75) is 39.7 Å². The van der Waals surface area contributed by atoms with Crippen LogP contribution in [0.4, 0.5) is 15.3 Å². The van der Waals surface area contributed by atoms with Gasteiger partial charge in [0.05, 0.1) is 0 Å². The molecule has 1 aromatic carbocycles. The minimum atomic E-state index is -0.559. The van der Waals surface area contributed by atoms with Crippen molar-refractivity contribution >= 4 is 23.7 Å². The number of nitrogens with one attached hydrogen (secondary N) is 2. The van der Waals surface area contributed by atoms with Gasteiger partial charge >= 0.3 is 12.1 Å². The van der Waals surface area contributed by atoms with Gasteiger partial charge in [0.1, 0.15) is 6.61 Å². The Morgan fingerprint density at radius 3 is 2.41 bits per heavy atom. The molecule has 0 fully saturated rings. The lowest BCUT2D eigenvalue weighted by atomic mass is 10.2. The molecule has 0 aromatic heterocycles. The molecule has 8 nitrogen and oxygen atoms in total. The molecule has 150 valence electrons. The van der Waals surface area contributed by atoms with Crippen molar-refractivity contribution in [3.8, 4) is 0 Å². The molecular weight excluding hydrogens is 348 g/mol. The molecule has 0 bridgehead atoms. The first-order valence-corrected chi connectivity index (χ1v) is 9.08. The summed E-state index contributed by atoms with van der Waals surface area (Å²) < 4.78 is 5.27. The van der Waals surface area contributed by atoms with Crippen LogP contribution < -0.4 is 16.4 Å². The van der Waals surface area contributed by atoms with Crippen molar-refractivity contribution < 1.29 is 19.1 Å². The van der Waals surface area contributed by atoms with Crippen molar-refractivity contribution in [2.75, 3.05) is 25.5 Å². The lowest BCUT2D eigenvalue weighted by molar-refractivity contribution is -0.116. The van der Waals surface area contributed by atoms with Gasteiger partial charge in [-0.3, -0.25) is 4.79 Å². The third kappa shape index (κ3) is 10.1. The monoisotopic (exact) mass is 378 g/mol. The van der Waals surface area contributed by atoms with Crippen molar-refractivity contribution in [1.82, 2.24) is 10.2 Å². The summed E-state index contributed by atoms with van der Waals surface area (Å²) in [5.74, 6) is 0.286. The van der Waals surface area contributed by atoms with E-state index >= 15 is 0 Å². The first-order chi connectivity index (χ1) is 12.8. The number of anilines is 1. The Kier molecular flexibility index (Phi) is 9.71. The molecule has 0 aliphatic carbocycles. The number of nitrogens with zero attached hydrogens (tertiary/aromatic N) is 1. The number of primary amides is 1. The van der Waals surface area contributed by atoms with Gasteiger partial charge in [0.15, 0.2) is 0 Å². The summed E-state index contributed by atoms with van der Waals surface area (Å²) in [7, 11) is 1.71. The number of rotatable bonds is 10. The Hall–Kier alpha value is -2.77. The van der Waals surface area contributed by atoms with Crippen molar-refractivity contribution in [3.63, 3.8) is 0 Å². The average molecular weight is 378 g/mol. The summed E-state index contributed by atoms with van der Waals surface area (Å²) in [5.41, 5.74) is 6.49. The highest BCUT2D eigenvalue weighted by atomic mass is 16.6. The molecule has 0 saturated carbocycles. The van der Waals surface area contributed by atoms with Crippen LogP contribution in [0.5, 0.6) is 0 Å². The molecular formula is C19H30N4O4. The van der Waals surface area contributed by atoms with E-state index in [2.05, 4.69) is 10.6 Å². The molecule has 0 spiro atoms. The minimum absolute atomic E-state index is 0.0939. The first kappa shape index (κ1) is 22.3. The average Bonchev–Trinajstić information content (AvgIpc) is 2.59. The number of ether oxygens (including phenoxy) is 1. The molecule has 27 heavy (non-hydrogen) atoms. The van der Waals surface area contributed by atoms with Crippen LogP contribution in [0.1, 0.15) is 38.7 Å². The predicted octanol–water partition coefficient (Wildman–Crippen LogP) is 2.69. The van der Waals surface area contributed by atoms with Gasteiger partial charge in [0.2, 0.25) is 5.91 Å². The zero-order valence-corrected chi connectivity index (χ0v) is 16.3. The minimum Gasteiger partial charge on any atom is -0.445 e. The summed E-state index contributed by atoms with van der Waals surface area (Å²) >= 11 is 0. The van der Waals surface area contributed by atoms with E-state index in [9.17, 15) is 14.4 Å².